The summed E-state index contributed by atoms with van der Waals surface area (Å²) in [7, 11) is 0. The van der Waals surface area contributed by atoms with E-state index in [-0.39, 0.29) is 0 Å². The average molecular weight is 176 g/mol. The third-order valence-electron chi connectivity index (χ3n) is 1.86. The quantitative estimate of drug-likeness (QED) is 0.673. The molecular formula is C9H12N4. The Labute approximate surface area is 77.1 Å². The first-order chi connectivity index (χ1) is 6.45. The molecule has 0 spiro atoms. The minimum atomic E-state index is 0.777. The first-order valence-electron chi connectivity index (χ1n) is 4.36. The molecule has 2 heterocycles. The highest BCUT2D eigenvalue weighted by Gasteiger charge is 2.02. The Hall–Kier alpha value is -1.58. The standard InChI is InChI=1S/C9H12N4/c1-2-8(6-10-3-1)7-13-9-11-4-5-12-9/h1-3,6H,4-5,7H2,(H2,11,12,13). The molecule has 1 aliphatic heterocycles. The van der Waals surface area contributed by atoms with Gasteiger partial charge in [-0.2, -0.15) is 0 Å². The molecule has 0 aromatic carbocycles. The molecule has 0 saturated heterocycles. The zero-order valence-corrected chi connectivity index (χ0v) is 7.33. The van der Waals surface area contributed by atoms with Crippen molar-refractivity contribution in [1.82, 2.24) is 15.6 Å². The summed E-state index contributed by atoms with van der Waals surface area (Å²) in [6.07, 6.45) is 3.62. The Kier molecular flexibility index (Phi) is 2.40. The monoisotopic (exact) mass is 176 g/mol. The van der Waals surface area contributed by atoms with Crippen molar-refractivity contribution in [3.05, 3.63) is 30.1 Å². The van der Waals surface area contributed by atoms with Gasteiger partial charge in [0.05, 0.1) is 6.54 Å². The van der Waals surface area contributed by atoms with E-state index >= 15 is 0 Å². The van der Waals surface area contributed by atoms with E-state index in [1.165, 1.54) is 5.56 Å². The van der Waals surface area contributed by atoms with Crippen molar-refractivity contribution >= 4 is 5.96 Å². The predicted octanol–water partition coefficient (Wildman–Crippen LogP) is 0.130. The summed E-state index contributed by atoms with van der Waals surface area (Å²) in [5.41, 5.74) is 1.17. The van der Waals surface area contributed by atoms with E-state index < -0.39 is 0 Å². The van der Waals surface area contributed by atoms with Crippen LogP contribution < -0.4 is 10.6 Å². The molecule has 0 saturated carbocycles. The van der Waals surface area contributed by atoms with Crippen molar-refractivity contribution < 1.29 is 0 Å². The van der Waals surface area contributed by atoms with Gasteiger partial charge in [-0.25, -0.2) is 0 Å². The van der Waals surface area contributed by atoms with Crippen LogP contribution in [0.1, 0.15) is 5.56 Å². The molecule has 0 amide bonds. The SMILES string of the molecule is c1cncc(CNC2=NCCN2)c1. The first kappa shape index (κ1) is 8.04. The van der Waals surface area contributed by atoms with Gasteiger partial charge in [-0.15, -0.1) is 0 Å². The van der Waals surface area contributed by atoms with E-state index in [1.807, 2.05) is 18.3 Å². The van der Waals surface area contributed by atoms with Crippen molar-refractivity contribution in [1.29, 1.82) is 0 Å². The number of guanidine groups is 1. The van der Waals surface area contributed by atoms with Gasteiger partial charge in [0.25, 0.3) is 0 Å². The smallest absolute Gasteiger partial charge is 0.191 e. The van der Waals surface area contributed by atoms with Gasteiger partial charge >= 0.3 is 0 Å². The second-order valence-electron chi connectivity index (χ2n) is 2.87. The number of pyridine rings is 1. The Morgan fingerprint density at radius 2 is 2.54 bits per heavy atom. The van der Waals surface area contributed by atoms with Crippen LogP contribution in [0.2, 0.25) is 0 Å². The topological polar surface area (TPSA) is 49.3 Å². The fourth-order valence-corrected chi connectivity index (χ4v) is 1.20. The van der Waals surface area contributed by atoms with Gasteiger partial charge in [0.15, 0.2) is 5.96 Å². The molecule has 0 unspecified atom stereocenters. The van der Waals surface area contributed by atoms with Crippen molar-refractivity contribution in [2.24, 2.45) is 4.99 Å². The van der Waals surface area contributed by atoms with Crippen LogP contribution in [0.5, 0.6) is 0 Å². The second kappa shape index (κ2) is 3.89. The van der Waals surface area contributed by atoms with E-state index in [0.717, 1.165) is 25.6 Å². The molecule has 0 atom stereocenters. The largest absolute Gasteiger partial charge is 0.355 e. The van der Waals surface area contributed by atoms with Gasteiger partial charge in [0.1, 0.15) is 0 Å². The number of hydrogen-bond acceptors (Lipinski definition) is 4. The highest BCUT2D eigenvalue weighted by atomic mass is 15.2. The maximum atomic E-state index is 4.22. The Balaban J connectivity index is 1.86. The Morgan fingerprint density at radius 3 is 3.23 bits per heavy atom. The molecule has 68 valence electrons. The van der Waals surface area contributed by atoms with Gasteiger partial charge < -0.3 is 10.6 Å². The third kappa shape index (κ3) is 2.18. The molecule has 13 heavy (non-hydrogen) atoms. The lowest BCUT2D eigenvalue weighted by Gasteiger charge is -2.05. The van der Waals surface area contributed by atoms with Crippen LogP contribution >= 0.6 is 0 Å². The molecule has 1 aromatic heterocycles. The summed E-state index contributed by atoms with van der Waals surface area (Å²) in [5.74, 6) is 0.892. The van der Waals surface area contributed by atoms with Gasteiger partial charge in [-0.1, -0.05) is 6.07 Å². The van der Waals surface area contributed by atoms with Crippen LogP contribution in [-0.4, -0.2) is 24.0 Å². The number of aliphatic imine (C=N–C) groups is 1. The van der Waals surface area contributed by atoms with Crippen LogP contribution in [0.3, 0.4) is 0 Å². The predicted molar refractivity (Wildman–Crippen MR) is 51.4 cm³/mol. The van der Waals surface area contributed by atoms with E-state index in [1.54, 1.807) is 6.20 Å². The molecule has 0 aliphatic carbocycles. The van der Waals surface area contributed by atoms with E-state index in [2.05, 4.69) is 20.6 Å². The third-order valence-corrected chi connectivity index (χ3v) is 1.86. The molecular weight excluding hydrogens is 164 g/mol. The number of nitrogens with zero attached hydrogens (tertiary/aromatic N) is 2. The van der Waals surface area contributed by atoms with Crippen LogP contribution in [0, 0.1) is 0 Å². The van der Waals surface area contributed by atoms with Crippen LogP contribution in [0.4, 0.5) is 0 Å². The lowest BCUT2D eigenvalue weighted by Crippen LogP contribution is -2.33. The summed E-state index contributed by atoms with van der Waals surface area (Å²) in [6.45, 7) is 2.59. The molecule has 0 fully saturated rings. The fraction of sp³-hybridized carbons (Fsp3) is 0.333. The van der Waals surface area contributed by atoms with E-state index in [9.17, 15) is 0 Å². The highest BCUT2D eigenvalue weighted by Crippen LogP contribution is 1.94. The number of aromatic nitrogens is 1. The highest BCUT2D eigenvalue weighted by molar-refractivity contribution is 5.81. The van der Waals surface area contributed by atoms with Gasteiger partial charge in [0.2, 0.25) is 0 Å². The van der Waals surface area contributed by atoms with Crippen LogP contribution in [0.25, 0.3) is 0 Å². The van der Waals surface area contributed by atoms with Gasteiger partial charge in [0, 0.05) is 25.5 Å². The molecule has 0 bridgehead atoms. The average Bonchev–Trinajstić information content (AvgIpc) is 2.69. The summed E-state index contributed by atoms with van der Waals surface area (Å²) < 4.78 is 0. The maximum absolute atomic E-state index is 4.22. The van der Waals surface area contributed by atoms with E-state index in [0.29, 0.717) is 0 Å². The number of nitrogens with one attached hydrogen (secondary N) is 2. The Bertz CT molecular complexity index is 294. The minimum absolute atomic E-state index is 0.777. The lowest BCUT2D eigenvalue weighted by atomic mass is 10.3. The zero-order valence-electron chi connectivity index (χ0n) is 7.33. The molecule has 2 N–H and O–H groups in total. The molecule has 0 radical (unpaired) electrons. The van der Waals surface area contributed by atoms with Crippen molar-refractivity contribution in [3.63, 3.8) is 0 Å². The lowest BCUT2D eigenvalue weighted by molar-refractivity contribution is 0.862. The van der Waals surface area contributed by atoms with Gasteiger partial charge in [-0.05, 0) is 11.6 Å². The summed E-state index contributed by atoms with van der Waals surface area (Å²) >= 11 is 0. The fourth-order valence-electron chi connectivity index (χ4n) is 1.20. The van der Waals surface area contributed by atoms with Crippen LogP contribution in [-0.2, 0) is 6.54 Å². The molecule has 2 rings (SSSR count). The summed E-state index contributed by atoms with van der Waals surface area (Å²) in [4.78, 5) is 8.25. The van der Waals surface area contributed by atoms with Gasteiger partial charge in [-0.3, -0.25) is 9.98 Å². The molecule has 4 heteroatoms. The van der Waals surface area contributed by atoms with Crippen molar-refractivity contribution in [3.8, 4) is 0 Å². The molecule has 4 nitrogen and oxygen atoms in total. The Morgan fingerprint density at radius 1 is 1.54 bits per heavy atom. The maximum Gasteiger partial charge on any atom is 0.191 e. The summed E-state index contributed by atoms with van der Waals surface area (Å²) in [5, 5.41) is 6.34. The van der Waals surface area contributed by atoms with Crippen molar-refractivity contribution in [2.75, 3.05) is 13.1 Å². The van der Waals surface area contributed by atoms with Crippen LogP contribution in [0.15, 0.2) is 29.5 Å². The normalized spacial score (nSPS) is 14.9. The van der Waals surface area contributed by atoms with Crippen molar-refractivity contribution in [2.45, 2.75) is 6.54 Å². The molecule has 1 aromatic rings. The summed E-state index contributed by atoms with van der Waals surface area (Å²) in [6, 6.07) is 3.97. The molecule has 1 aliphatic rings. The zero-order chi connectivity index (χ0) is 8.93. The minimum Gasteiger partial charge on any atom is -0.355 e. The first-order valence-corrected chi connectivity index (χ1v) is 4.36. The number of hydrogen-bond donors (Lipinski definition) is 2. The van der Waals surface area contributed by atoms with E-state index in [4.69, 9.17) is 0 Å². The second-order valence-corrected chi connectivity index (χ2v) is 2.87. The number of rotatable bonds is 2.